The molecular formula is C23H25N3O6. The number of ether oxygens (including phenoxy) is 3. The predicted molar refractivity (Wildman–Crippen MR) is 114 cm³/mol. The quantitative estimate of drug-likeness (QED) is 0.522. The van der Waals surface area contributed by atoms with Crippen LogP contribution in [0.3, 0.4) is 0 Å². The summed E-state index contributed by atoms with van der Waals surface area (Å²) in [5, 5.41) is 15.4. The molecule has 0 bridgehead atoms. The Morgan fingerprint density at radius 2 is 1.97 bits per heavy atom. The van der Waals surface area contributed by atoms with Gasteiger partial charge in [-0.1, -0.05) is 24.3 Å². The molecule has 0 spiro atoms. The molecule has 3 heterocycles. The lowest BCUT2D eigenvalue weighted by Gasteiger charge is -2.31. The van der Waals surface area contributed by atoms with Crippen LogP contribution in [0.25, 0.3) is 0 Å². The standard InChI is InChI=1S/C23H25N3O6/c27-13-21-18(26-23(29)9-15-2-1-7-24-11-15)5-4-17(32-21)10-22(28)25-12-16-3-6-19-20(8-16)31-14-30-19/h1-8,11,17-18,21,27H,9-10,12-14H2,(H,25,28)(H,26,29)/t17-,18-,21-/m0/s1. The van der Waals surface area contributed by atoms with E-state index in [0.717, 1.165) is 11.1 Å². The smallest absolute Gasteiger partial charge is 0.231 e. The van der Waals surface area contributed by atoms with Crippen LogP contribution in [0.2, 0.25) is 0 Å². The topological polar surface area (TPSA) is 119 Å². The van der Waals surface area contributed by atoms with E-state index in [2.05, 4.69) is 15.6 Å². The molecule has 2 aliphatic rings. The average Bonchev–Trinajstić information content (AvgIpc) is 3.27. The van der Waals surface area contributed by atoms with Crippen LogP contribution in [0.15, 0.2) is 54.9 Å². The molecule has 0 saturated heterocycles. The molecule has 32 heavy (non-hydrogen) atoms. The number of hydrogen-bond donors (Lipinski definition) is 3. The fourth-order valence-electron chi connectivity index (χ4n) is 3.57. The zero-order valence-corrected chi connectivity index (χ0v) is 17.4. The summed E-state index contributed by atoms with van der Waals surface area (Å²) in [4.78, 5) is 28.7. The van der Waals surface area contributed by atoms with Gasteiger partial charge in [0, 0.05) is 18.9 Å². The number of aromatic nitrogens is 1. The number of rotatable bonds is 8. The third kappa shape index (κ3) is 5.63. The second-order valence-corrected chi connectivity index (χ2v) is 7.58. The van der Waals surface area contributed by atoms with Gasteiger partial charge in [-0.15, -0.1) is 0 Å². The van der Waals surface area contributed by atoms with Gasteiger partial charge in [-0.3, -0.25) is 14.6 Å². The molecule has 0 saturated carbocycles. The van der Waals surface area contributed by atoms with Crippen molar-refractivity contribution in [3.8, 4) is 11.5 Å². The van der Waals surface area contributed by atoms with Crippen LogP contribution in [0.5, 0.6) is 11.5 Å². The number of aliphatic hydroxyl groups is 1. The normalized spacial score (nSPS) is 21.2. The summed E-state index contributed by atoms with van der Waals surface area (Å²) < 4.78 is 16.4. The van der Waals surface area contributed by atoms with Crippen LogP contribution < -0.4 is 20.1 Å². The molecule has 3 atom stereocenters. The summed E-state index contributed by atoms with van der Waals surface area (Å²) in [7, 11) is 0. The van der Waals surface area contributed by atoms with Crippen molar-refractivity contribution >= 4 is 11.8 Å². The van der Waals surface area contributed by atoms with Crippen molar-refractivity contribution in [2.24, 2.45) is 0 Å². The van der Waals surface area contributed by atoms with Crippen LogP contribution in [0, 0.1) is 0 Å². The maximum atomic E-state index is 12.4. The van der Waals surface area contributed by atoms with E-state index < -0.39 is 18.2 Å². The maximum Gasteiger partial charge on any atom is 0.231 e. The molecule has 2 aromatic rings. The summed E-state index contributed by atoms with van der Waals surface area (Å²) >= 11 is 0. The Kier molecular flexibility index (Phi) is 6.98. The van der Waals surface area contributed by atoms with Gasteiger partial charge in [0.15, 0.2) is 11.5 Å². The molecule has 1 aromatic carbocycles. The van der Waals surface area contributed by atoms with Crippen LogP contribution in [-0.4, -0.2) is 53.6 Å². The van der Waals surface area contributed by atoms with Gasteiger partial charge >= 0.3 is 0 Å². The molecule has 0 unspecified atom stereocenters. The third-order valence-electron chi connectivity index (χ3n) is 5.19. The summed E-state index contributed by atoms with van der Waals surface area (Å²) in [6.07, 6.45) is 5.94. The monoisotopic (exact) mass is 439 g/mol. The first kappa shape index (κ1) is 21.8. The maximum absolute atomic E-state index is 12.4. The molecule has 9 heteroatoms. The number of carbonyl (C=O) groups excluding carboxylic acids is 2. The number of pyridine rings is 1. The van der Waals surface area contributed by atoms with E-state index in [1.807, 2.05) is 24.3 Å². The minimum absolute atomic E-state index is 0.105. The van der Waals surface area contributed by atoms with Gasteiger partial charge < -0.3 is 30.0 Å². The number of benzene rings is 1. The van der Waals surface area contributed by atoms with E-state index in [-0.39, 0.29) is 38.1 Å². The molecule has 2 aliphatic heterocycles. The first-order valence-electron chi connectivity index (χ1n) is 10.4. The number of carbonyl (C=O) groups is 2. The first-order valence-corrected chi connectivity index (χ1v) is 10.4. The number of hydrogen-bond acceptors (Lipinski definition) is 7. The van der Waals surface area contributed by atoms with Gasteiger partial charge in [-0.05, 0) is 29.3 Å². The molecule has 0 fully saturated rings. The van der Waals surface area contributed by atoms with E-state index in [4.69, 9.17) is 14.2 Å². The fraction of sp³-hybridized carbons (Fsp3) is 0.348. The Balaban J connectivity index is 1.25. The fourth-order valence-corrected chi connectivity index (χ4v) is 3.57. The van der Waals surface area contributed by atoms with E-state index in [1.165, 1.54) is 0 Å². The van der Waals surface area contributed by atoms with Crippen molar-refractivity contribution in [2.75, 3.05) is 13.4 Å². The first-order chi connectivity index (χ1) is 15.6. The lowest BCUT2D eigenvalue weighted by Crippen LogP contribution is -2.49. The van der Waals surface area contributed by atoms with Crippen molar-refractivity contribution in [3.05, 3.63) is 66.0 Å². The van der Waals surface area contributed by atoms with Crippen LogP contribution in [0.1, 0.15) is 17.5 Å². The number of amides is 2. The molecule has 3 N–H and O–H groups in total. The Morgan fingerprint density at radius 1 is 1.09 bits per heavy atom. The number of aliphatic hydroxyl groups excluding tert-OH is 1. The van der Waals surface area contributed by atoms with Gasteiger partial charge in [0.2, 0.25) is 18.6 Å². The minimum Gasteiger partial charge on any atom is -0.454 e. The molecule has 0 aliphatic carbocycles. The molecular weight excluding hydrogens is 414 g/mol. The lowest BCUT2D eigenvalue weighted by molar-refractivity contribution is -0.128. The van der Waals surface area contributed by atoms with E-state index in [1.54, 1.807) is 30.6 Å². The van der Waals surface area contributed by atoms with E-state index in [9.17, 15) is 14.7 Å². The highest BCUT2D eigenvalue weighted by Crippen LogP contribution is 2.32. The Labute approximate surface area is 185 Å². The zero-order valence-electron chi connectivity index (χ0n) is 17.4. The summed E-state index contributed by atoms with van der Waals surface area (Å²) in [5.74, 6) is 0.971. The Morgan fingerprint density at radius 3 is 2.78 bits per heavy atom. The highest BCUT2D eigenvalue weighted by atomic mass is 16.7. The highest BCUT2D eigenvalue weighted by molar-refractivity contribution is 5.79. The van der Waals surface area contributed by atoms with Crippen LogP contribution in [0.4, 0.5) is 0 Å². The van der Waals surface area contributed by atoms with E-state index >= 15 is 0 Å². The molecule has 9 nitrogen and oxygen atoms in total. The second-order valence-electron chi connectivity index (χ2n) is 7.58. The van der Waals surface area contributed by atoms with Crippen molar-refractivity contribution in [1.29, 1.82) is 0 Å². The van der Waals surface area contributed by atoms with Crippen molar-refractivity contribution < 1.29 is 28.9 Å². The summed E-state index contributed by atoms with van der Waals surface area (Å²) in [5.41, 5.74) is 1.69. The van der Waals surface area contributed by atoms with E-state index in [0.29, 0.717) is 18.0 Å². The molecule has 0 radical (unpaired) electrons. The zero-order chi connectivity index (χ0) is 22.3. The van der Waals surface area contributed by atoms with Gasteiger partial charge in [0.1, 0.15) is 6.10 Å². The highest BCUT2D eigenvalue weighted by Gasteiger charge is 2.29. The van der Waals surface area contributed by atoms with Crippen molar-refractivity contribution in [2.45, 2.75) is 37.6 Å². The van der Waals surface area contributed by atoms with Crippen molar-refractivity contribution in [1.82, 2.24) is 15.6 Å². The average molecular weight is 439 g/mol. The van der Waals surface area contributed by atoms with Gasteiger partial charge in [-0.2, -0.15) is 0 Å². The van der Waals surface area contributed by atoms with Gasteiger partial charge in [-0.25, -0.2) is 0 Å². The summed E-state index contributed by atoms with van der Waals surface area (Å²) in [6.45, 7) is 0.271. The molecule has 2 amide bonds. The lowest BCUT2D eigenvalue weighted by atomic mass is 10.0. The molecule has 168 valence electrons. The summed E-state index contributed by atoms with van der Waals surface area (Å²) in [6, 6.07) is 8.63. The van der Waals surface area contributed by atoms with Gasteiger partial charge in [0.05, 0.1) is 31.6 Å². The number of nitrogens with one attached hydrogen (secondary N) is 2. The molecule has 4 rings (SSSR count). The number of nitrogens with zero attached hydrogens (tertiary/aromatic N) is 1. The SMILES string of the molecule is O=C(C[C@@H]1C=C[C@H](NC(=O)Cc2cccnc2)[C@H](CO)O1)NCc1ccc2c(c1)OCO2. The second kappa shape index (κ2) is 10.3. The minimum atomic E-state index is -0.635. The third-order valence-corrected chi connectivity index (χ3v) is 5.19. The van der Waals surface area contributed by atoms with Crippen LogP contribution in [-0.2, 0) is 27.3 Å². The van der Waals surface area contributed by atoms with Crippen molar-refractivity contribution in [3.63, 3.8) is 0 Å². The molecule has 1 aromatic heterocycles. The largest absolute Gasteiger partial charge is 0.454 e. The Hall–Kier alpha value is -3.43. The van der Waals surface area contributed by atoms with Crippen LogP contribution >= 0.6 is 0 Å². The Bertz CT molecular complexity index is 981. The van der Waals surface area contributed by atoms with Gasteiger partial charge in [0.25, 0.3) is 0 Å². The predicted octanol–water partition coefficient (Wildman–Crippen LogP) is 0.860. The number of fused-ring (bicyclic) bond motifs is 1.